The number of hydrogen-bond donors (Lipinski definition) is 0. The standard InChI is InChI=1S/C27H49N2O3/c1-7-8-9-10-11-12-13-14-15-16-19-29(24(31)17-18-25(29)32)23-20-26(3,4)28(22(2)30)27(5,6)21-23/h23H,7-21H2,1-6H3/q+1. The fraction of sp³-hybridized carbons (Fsp3) is 0.889. The van der Waals surface area contributed by atoms with Crippen molar-refractivity contribution in [2.24, 2.45) is 0 Å². The van der Waals surface area contributed by atoms with Crippen LogP contribution in [0.15, 0.2) is 0 Å². The lowest BCUT2D eigenvalue weighted by Crippen LogP contribution is -2.71. The van der Waals surface area contributed by atoms with Crippen molar-refractivity contribution in [3.05, 3.63) is 0 Å². The first-order valence-corrected chi connectivity index (χ1v) is 13.2. The zero-order valence-electron chi connectivity index (χ0n) is 21.8. The fourth-order valence-electron chi connectivity index (χ4n) is 6.83. The van der Waals surface area contributed by atoms with Crippen molar-refractivity contribution in [3.8, 4) is 0 Å². The molecule has 2 aliphatic heterocycles. The highest BCUT2D eigenvalue weighted by molar-refractivity contribution is 5.92. The van der Waals surface area contributed by atoms with E-state index in [1.54, 1.807) is 6.92 Å². The molecule has 2 aliphatic rings. The Morgan fingerprint density at radius 1 is 0.812 bits per heavy atom. The van der Waals surface area contributed by atoms with Gasteiger partial charge in [-0.05, 0) is 40.5 Å². The highest BCUT2D eigenvalue weighted by Crippen LogP contribution is 2.44. The highest BCUT2D eigenvalue weighted by Gasteiger charge is 2.60. The summed E-state index contributed by atoms with van der Waals surface area (Å²) in [7, 11) is 0. The summed E-state index contributed by atoms with van der Waals surface area (Å²) in [5, 5.41) is 0. The monoisotopic (exact) mass is 449 g/mol. The summed E-state index contributed by atoms with van der Waals surface area (Å²) in [6, 6.07) is -0.0309. The van der Waals surface area contributed by atoms with Gasteiger partial charge in [0, 0.05) is 30.8 Å². The third kappa shape index (κ3) is 6.01. The SMILES string of the molecule is CCCCCCCCCCCC[N+]1(C2CC(C)(C)N(C(C)=O)C(C)(C)C2)C(=O)CCC1=O. The zero-order chi connectivity index (χ0) is 24.0. The minimum atomic E-state index is -0.371. The van der Waals surface area contributed by atoms with Gasteiger partial charge in [0.25, 0.3) is 0 Å². The molecule has 2 heterocycles. The predicted molar refractivity (Wildman–Crippen MR) is 130 cm³/mol. The lowest BCUT2D eigenvalue weighted by atomic mass is 9.75. The molecule has 5 heteroatoms. The molecule has 0 aromatic carbocycles. The molecule has 0 unspecified atom stereocenters. The van der Waals surface area contributed by atoms with Crippen molar-refractivity contribution in [2.75, 3.05) is 6.54 Å². The van der Waals surface area contributed by atoms with Gasteiger partial charge < -0.3 is 4.90 Å². The molecular formula is C27H49N2O3+. The Balaban J connectivity index is 1.99. The van der Waals surface area contributed by atoms with Gasteiger partial charge in [0.2, 0.25) is 5.91 Å². The first-order valence-electron chi connectivity index (χ1n) is 13.2. The largest absolute Gasteiger partial charge is 0.332 e. The molecule has 0 saturated carbocycles. The van der Waals surface area contributed by atoms with E-state index in [0.29, 0.717) is 32.2 Å². The Morgan fingerprint density at radius 3 is 1.62 bits per heavy atom. The second-order valence-electron chi connectivity index (χ2n) is 11.6. The lowest BCUT2D eigenvalue weighted by Gasteiger charge is -2.56. The Kier molecular flexibility index (Phi) is 9.51. The van der Waals surface area contributed by atoms with E-state index in [1.807, 2.05) is 4.90 Å². The number of carbonyl (C=O) groups excluding carboxylic acids is 3. The molecule has 0 radical (unpaired) electrons. The van der Waals surface area contributed by atoms with Crippen molar-refractivity contribution in [1.82, 2.24) is 4.90 Å². The summed E-state index contributed by atoms with van der Waals surface area (Å²) in [6.45, 7) is 12.9. The third-order valence-corrected chi connectivity index (χ3v) is 7.93. The Morgan fingerprint density at radius 2 is 1.22 bits per heavy atom. The lowest BCUT2D eigenvalue weighted by molar-refractivity contribution is -0.805. The van der Waals surface area contributed by atoms with E-state index >= 15 is 0 Å². The maximum atomic E-state index is 13.2. The van der Waals surface area contributed by atoms with Crippen LogP contribution in [0.5, 0.6) is 0 Å². The Bertz CT molecular complexity index is 634. The van der Waals surface area contributed by atoms with Gasteiger partial charge in [-0.1, -0.05) is 58.3 Å². The average Bonchev–Trinajstić information content (AvgIpc) is 2.96. The van der Waals surface area contributed by atoms with E-state index in [0.717, 1.165) is 12.8 Å². The van der Waals surface area contributed by atoms with Gasteiger partial charge in [-0.2, -0.15) is 4.48 Å². The Hall–Kier alpha value is -1.23. The van der Waals surface area contributed by atoms with E-state index in [-0.39, 0.29) is 39.3 Å². The molecule has 2 saturated heterocycles. The molecule has 184 valence electrons. The van der Waals surface area contributed by atoms with Crippen LogP contribution in [0, 0.1) is 0 Å². The molecule has 5 nitrogen and oxygen atoms in total. The van der Waals surface area contributed by atoms with Crippen LogP contribution in [-0.2, 0) is 14.4 Å². The summed E-state index contributed by atoms with van der Waals surface area (Å²) in [5.41, 5.74) is -0.741. The van der Waals surface area contributed by atoms with Gasteiger partial charge in [-0.25, -0.2) is 9.59 Å². The molecule has 0 N–H and O–H groups in total. The van der Waals surface area contributed by atoms with Gasteiger partial charge in [0.15, 0.2) is 0 Å². The number of unbranched alkanes of at least 4 members (excludes halogenated alkanes) is 9. The minimum absolute atomic E-state index is 0.0309. The molecule has 2 fully saturated rings. The Labute approximate surface area is 196 Å². The second kappa shape index (κ2) is 11.3. The number of hydrogen-bond acceptors (Lipinski definition) is 3. The first-order chi connectivity index (χ1) is 15.0. The maximum Gasteiger partial charge on any atom is 0.322 e. The first kappa shape index (κ1) is 27.0. The molecule has 0 bridgehead atoms. The van der Waals surface area contributed by atoms with Crippen LogP contribution in [0.4, 0.5) is 0 Å². The average molecular weight is 450 g/mol. The smallest absolute Gasteiger partial charge is 0.322 e. The quantitative estimate of drug-likeness (QED) is 0.204. The maximum absolute atomic E-state index is 13.2. The molecular weight excluding hydrogens is 400 g/mol. The van der Waals surface area contributed by atoms with Crippen molar-refractivity contribution in [3.63, 3.8) is 0 Å². The summed E-state index contributed by atoms with van der Waals surface area (Å²) >= 11 is 0. The number of amides is 3. The van der Waals surface area contributed by atoms with Crippen LogP contribution in [-0.4, -0.2) is 50.8 Å². The molecule has 0 aromatic rings. The predicted octanol–water partition coefficient (Wildman–Crippen LogP) is 6.14. The number of imide groups is 1. The molecule has 0 aliphatic carbocycles. The third-order valence-electron chi connectivity index (χ3n) is 7.93. The fourth-order valence-corrected chi connectivity index (χ4v) is 6.83. The highest BCUT2D eigenvalue weighted by atomic mass is 16.2. The molecule has 0 aromatic heterocycles. The number of nitrogens with zero attached hydrogens (tertiary/aromatic N) is 2. The summed E-state index contributed by atoms with van der Waals surface area (Å²) < 4.78 is 0.0373. The topological polar surface area (TPSA) is 54.5 Å². The summed E-state index contributed by atoms with van der Waals surface area (Å²) in [6.07, 6.45) is 14.6. The van der Waals surface area contributed by atoms with Gasteiger partial charge in [0.1, 0.15) is 6.04 Å². The number of rotatable bonds is 12. The number of quaternary nitrogens is 1. The van der Waals surface area contributed by atoms with Crippen LogP contribution in [0.25, 0.3) is 0 Å². The number of carbonyl (C=O) groups is 3. The molecule has 3 amide bonds. The number of likely N-dealkylation sites (tertiary alicyclic amines) is 2. The van der Waals surface area contributed by atoms with Crippen LogP contribution in [0.1, 0.15) is 131 Å². The van der Waals surface area contributed by atoms with Crippen LogP contribution in [0.2, 0.25) is 0 Å². The van der Waals surface area contributed by atoms with E-state index in [2.05, 4.69) is 34.6 Å². The molecule has 2 rings (SSSR count). The minimum Gasteiger partial charge on any atom is -0.332 e. The van der Waals surface area contributed by atoms with Gasteiger partial charge in [-0.3, -0.25) is 4.79 Å². The van der Waals surface area contributed by atoms with E-state index < -0.39 is 0 Å². The molecule has 0 atom stereocenters. The van der Waals surface area contributed by atoms with Gasteiger partial charge in [-0.15, -0.1) is 0 Å². The molecule has 32 heavy (non-hydrogen) atoms. The van der Waals surface area contributed by atoms with Crippen LogP contribution in [0.3, 0.4) is 0 Å². The van der Waals surface area contributed by atoms with E-state index in [1.165, 1.54) is 51.4 Å². The summed E-state index contributed by atoms with van der Waals surface area (Å²) in [5.74, 6) is 0.288. The van der Waals surface area contributed by atoms with Crippen molar-refractivity contribution < 1.29 is 18.9 Å². The molecule has 0 spiro atoms. The normalized spacial score (nSPS) is 22.5. The second-order valence-corrected chi connectivity index (χ2v) is 11.6. The number of piperidine rings is 1. The van der Waals surface area contributed by atoms with Crippen LogP contribution < -0.4 is 0 Å². The van der Waals surface area contributed by atoms with E-state index in [4.69, 9.17) is 0 Å². The van der Waals surface area contributed by atoms with Crippen molar-refractivity contribution >= 4 is 17.7 Å². The summed E-state index contributed by atoms with van der Waals surface area (Å²) in [4.78, 5) is 40.8. The van der Waals surface area contributed by atoms with Gasteiger partial charge in [0.05, 0.1) is 19.4 Å². The van der Waals surface area contributed by atoms with E-state index in [9.17, 15) is 14.4 Å². The van der Waals surface area contributed by atoms with Crippen LogP contribution >= 0.6 is 0 Å². The van der Waals surface area contributed by atoms with Gasteiger partial charge >= 0.3 is 11.8 Å². The van der Waals surface area contributed by atoms with Crippen molar-refractivity contribution in [1.29, 1.82) is 0 Å². The zero-order valence-corrected chi connectivity index (χ0v) is 21.8. The van der Waals surface area contributed by atoms with Crippen molar-refractivity contribution in [2.45, 2.75) is 149 Å².